The average molecular weight is 431 g/mol. The highest BCUT2D eigenvalue weighted by atomic mass is 16.5. The van der Waals surface area contributed by atoms with Gasteiger partial charge in [0.25, 0.3) is 5.88 Å². The summed E-state index contributed by atoms with van der Waals surface area (Å²) in [6, 6.07) is 14.2. The predicted octanol–water partition coefficient (Wildman–Crippen LogP) is 4.73. The van der Waals surface area contributed by atoms with E-state index in [2.05, 4.69) is 52.2 Å². The number of benzene rings is 2. The molecule has 1 atom stereocenters. The lowest BCUT2D eigenvalue weighted by Gasteiger charge is -2.33. The van der Waals surface area contributed by atoms with Crippen molar-refractivity contribution in [1.82, 2.24) is 15.3 Å². The van der Waals surface area contributed by atoms with E-state index in [1.807, 2.05) is 31.2 Å². The molecule has 0 bridgehead atoms. The van der Waals surface area contributed by atoms with Gasteiger partial charge in [-0.15, -0.1) is 0 Å². The molecule has 1 saturated heterocycles. The molecule has 1 unspecified atom stereocenters. The molecule has 3 aromatic rings. The van der Waals surface area contributed by atoms with Gasteiger partial charge in [0, 0.05) is 32.0 Å². The fraction of sp³-hybridized carbons (Fsp3) is 0.346. The lowest BCUT2D eigenvalue weighted by atomic mass is 9.97. The minimum atomic E-state index is -0.0930. The van der Waals surface area contributed by atoms with Gasteiger partial charge in [-0.3, -0.25) is 4.79 Å². The van der Waals surface area contributed by atoms with Gasteiger partial charge in [-0.2, -0.15) is 0 Å². The third-order valence-corrected chi connectivity index (χ3v) is 6.01. The van der Waals surface area contributed by atoms with Crippen LogP contribution in [0, 0.1) is 26.7 Å². The van der Waals surface area contributed by atoms with Crippen molar-refractivity contribution in [3.8, 4) is 11.6 Å². The van der Waals surface area contributed by atoms with E-state index in [9.17, 15) is 4.79 Å². The fourth-order valence-electron chi connectivity index (χ4n) is 3.96. The Labute approximate surface area is 189 Å². The molecule has 1 aromatic heterocycles. The number of piperidine rings is 1. The van der Waals surface area contributed by atoms with Crippen LogP contribution in [0.25, 0.3) is 0 Å². The topological polar surface area (TPSA) is 67.4 Å². The smallest absolute Gasteiger partial charge is 0.263 e. The maximum atomic E-state index is 12.9. The molecule has 6 heteroatoms. The first-order valence-electron chi connectivity index (χ1n) is 11.1. The molecule has 1 amide bonds. The number of aryl methyl sites for hydroxylation is 3. The van der Waals surface area contributed by atoms with E-state index in [1.54, 1.807) is 12.4 Å². The number of ether oxygens (including phenoxy) is 1. The Morgan fingerprint density at radius 3 is 2.62 bits per heavy atom. The first kappa shape index (κ1) is 21.8. The molecule has 2 heterocycles. The standard InChI is InChI=1S/C26H30N4O2/c1-18-6-10-23(11-7-18)32-26-24(27-12-13-28-26)30-14-4-5-22(17-30)25(31)29-16-21-9-8-19(2)20(3)15-21/h6-13,15,22H,4-5,14,16-17H2,1-3H3,(H,29,31). The van der Waals surface area contributed by atoms with Gasteiger partial charge in [0.05, 0.1) is 5.92 Å². The number of carbonyl (C=O) groups excluding carboxylic acids is 1. The van der Waals surface area contributed by atoms with E-state index in [0.717, 1.165) is 30.7 Å². The molecule has 32 heavy (non-hydrogen) atoms. The van der Waals surface area contributed by atoms with Gasteiger partial charge in [-0.1, -0.05) is 35.9 Å². The summed E-state index contributed by atoms with van der Waals surface area (Å²) in [6.45, 7) is 8.19. The maximum Gasteiger partial charge on any atom is 0.263 e. The molecule has 1 N–H and O–H groups in total. The summed E-state index contributed by atoms with van der Waals surface area (Å²) in [5.41, 5.74) is 4.79. The van der Waals surface area contributed by atoms with Crippen LogP contribution in [0.3, 0.4) is 0 Å². The molecule has 0 aliphatic carbocycles. The minimum absolute atomic E-state index is 0.0813. The van der Waals surface area contributed by atoms with Crippen LogP contribution in [0.2, 0.25) is 0 Å². The molecule has 2 aromatic carbocycles. The summed E-state index contributed by atoms with van der Waals surface area (Å²) < 4.78 is 6.02. The third kappa shape index (κ3) is 5.25. The first-order valence-corrected chi connectivity index (χ1v) is 11.1. The molecular formula is C26H30N4O2. The van der Waals surface area contributed by atoms with Crippen molar-refractivity contribution in [1.29, 1.82) is 0 Å². The zero-order valence-electron chi connectivity index (χ0n) is 19.0. The van der Waals surface area contributed by atoms with Gasteiger partial charge < -0.3 is 15.0 Å². The van der Waals surface area contributed by atoms with Crippen LogP contribution in [0.4, 0.5) is 5.82 Å². The van der Waals surface area contributed by atoms with Crippen molar-refractivity contribution in [3.05, 3.63) is 77.1 Å². The van der Waals surface area contributed by atoms with E-state index >= 15 is 0 Å². The van der Waals surface area contributed by atoms with Crippen molar-refractivity contribution in [2.45, 2.75) is 40.2 Å². The maximum absolute atomic E-state index is 12.9. The van der Waals surface area contributed by atoms with Crippen molar-refractivity contribution >= 4 is 11.7 Å². The summed E-state index contributed by atoms with van der Waals surface area (Å²) in [7, 11) is 0. The first-order chi connectivity index (χ1) is 15.5. The van der Waals surface area contributed by atoms with Crippen LogP contribution in [0.5, 0.6) is 11.6 Å². The van der Waals surface area contributed by atoms with E-state index < -0.39 is 0 Å². The average Bonchev–Trinajstić information content (AvgIpc) is 2.81. The van der Waals surface area contributed by atoms with Gasteiger partial charge in [0.2, 0.25) is 5.91 Å². The van der Waals surface area contributed by atoms with Crippen LogP contribution in [0.1, 0.15) is 35.1 Å². The van der Waals surface area contributed by atoms with Gasteiger partial charge in [-0.25, -0.2) is 9.97 Å². The quantitative estimate of drug-likeness (QED) is 0.613. The summed E-state index contributed by atoms with van der Waals surface area (Å²) >= 11 is 0. The normalized spacial score (nSPS) is 16.0. The molecule has 1 fully saturated rings. The molecule has 166 valence electrons. The van der Waals surface area contributed by atoms with Gasteiger partial charge >= 0.3 is 0 Å². The fourth-order valence-corrected chi connectivity index (χ4v) is 3.96. The highest BCUT2D eigenvalue weighted by molar-refractivity contribution is 5.79. The number of carbonyl (C=O) groups is 1. The Balaban J connectivity index is 1.41. The Hall–Kier alpha value is -3.41. The van der Waals surface area contributed by atoms with Gasteiger partial charge in [0.1, 0.15) is 5.75 Å². The Bertz CT molecular complexity index is 1080. The number of amides is 1. The Morgan fingerprint density at radius 2 is 1.84 bits per heavy atom. The van der Waals surface area contributed by atoms with E-state index in [1.165, 1.54) is 16.7 Å². The molecule has 0 saturated carbocycles. The van der Waals surface area contributed by atoms with Gasteiger partial charge in [0.15, 0.2) is 5.82 Å². The molecule has 4 rings (SSSR count). The number of anilines is 1. The molecule has 0 radical (unpaired) electrons. The zero-order chi connectivity index (χ0) is 22.5. The largest absolute Gasteiger partial charge is 0.436 e. The molecule has 1 aliphatic rings. The lowest BCUT2D eigenvalue weighted by molar-refractivity contribution is -0.125. The predicted molar refractivity (Wildman–Crippen MR) is 126 cm³/mol. The van der Waals surface area contributed by atoms with E-state index in [0.29, 0.717) is 24.8 Å². The summed E-state index contributed by atoms with van der Waals surface area (Å²) in [5, 5.41) is 3.11. The zero-order valence-corrected chi connectivity index (χ0v) is 19.0. The van der Waals surface area contributed by atoms with Crippen molar-refractivity contribution in [3.63, 3.8) is 0 Å². The second-order valence-corrected chi connectivity index (χ2v) is 8.52. The van der Waals surface area contributed by atoms with E-state index in [-0.39, 0.29) is 11.8 Å². The number of hydrogen-bond donors (Lipinski definition) is 1. The van der Waals surface area contributed by atoms with Crippen molar-refractivity contribution in [2.24, 2.45) is 5.92 Å². The Morgan fingerprint density at radius 1 is 1.06 bits per heavy atom. The summed E-state index contributed by atoms with van der Waals surface area (Å²) in [5.74, 6) is 1.85. The number of aromatic nitrogens is 2. The molecule has 6 nitrogen and oxygen atoms in total. The second kappa shape index (κ2) is 9.81. The molecular weight excluding hydrogens is 400 g/mol. The minimum Gasteiger partial charge on any atom is -0.436 e. The highest BCUT2D eigenvalue weighted by Gasteiger charge is 2.28. The summed E-state index contributed by atoms with van der Waals surface area (Å²) in [6.07, 6.45) is 5.08. The highest BCUT2D eigenvalue weighted by Crippen LogP contribution is 2.31. The SMILES string of the molecule is Cc1ccc(Oc2nccnc2N2CCCC(C(=O)NCc3ccc(C)c(C)c3)C2)cc1. The van der Waals surface area contributed by atoms with Crippen molar-refractivity contribution < 1.29 is 9.53 Å². The number of nitrogens with zero attached hydrogens (tertiary/aromatic N) is 3. The molecule has 0 spiro atoms. The van der Waals surface area contributed by atoms with Crippen LogP contribution in [-0.4, -0.2) is 29.0 Å². The third-order valence-electron chi connectivity index (χ3n) is 6.01. The lowest BCUT2D eigenvalue weighted by Crippen LogP contribution is -2.43. The monoisotopic (exact) mass is 430 g/mol. The van der Waals surface area contributed by atoms with Crippen LogP contribution >= 0.6 is 0 Å². The number of hydrogen-bond acceptors (Lipinski definition) is 5. The number of rotatable bonds is 6. The van der Waals surface area contributed by atoms with E-state index in [4.69, 9.17) is 4.74 Å². The number of nitrogens with one attached hydrogen (secondary N) is 1. The Kier molecular flexibility index (Phi) is 6.69. The van der Waals surface area contributed by atoms with Crippen LogP contribution in [-0.2, 0) is 11.3 Å². The second-order valence-electron chi connectivity index (χ2n) is 8.52. The van der Waals surface area contributed by atoms with Crippen molar-refractivity contribution in [2.75, 3.05) is 18.0 Å². The van der Waals surface area contributed by atoms with Crippen LogP contribution in [0.15, 0.2) is 54.9 Å². The van der Waals surface area contributed by atoms with Gasteiger partial charge in [-0.05, 0) is 62.4 Å². The molecule has 1 aliphatic heterocycles. The van der Waals surface area contributed by atoms with Crippen LogP contribution < -0.4 is 15.0 Å². The summed E-state index contributed by atoms with van der Waals surface area (Å²) in [4.78, 5) is 23.9.